The van der Waals surface area contributed by atoms with Gasteiger partial charge in [-0.05, 0) is 36.8 Å². The number of ether oxygens (including phenoxy) is 3. The SMILES string of the molecule is CCOC(=O)c1c(NC(=O)[C@H]2COc3ccccc3O2)c(-c2cccc(F)c2)cn1C. The largest absolute Gasteiger partial charge is 0.485 e. The van der Waals surface area contributed by atoms with E-state index in [-0.39, 0.29) is 24.6 Å². The molecule has 1 amide bonds. The molecule has 2 heterocycles. The fourth-order valence-corrected chi connectivity index (χ4v) is 3.43. The van der Waals surface area contributed by atoms with E-state index in [4.69, 9.17) is 14.2 Å². The van der Waals surface area contributed by atoms with Crippen molar-refractivity contribution in [2.24, 2.45) is 7.05 Å². The van der Waals surface area contributed by atoms with Crippen LogP contribution in [-0.4, -0.2) is 35.8 Å². The Hall–Kier alpha value is -3.81. The number of fused-ring (bicyclic) bond motifs is 1. The topological polar surface area (TPSA) is 78.8 Å². The fraction of sp³-hybridized carbons (Fsp3) is 0.217. The van der Waals surface area contributed by atoms with Crippen LogP contribution in [0.2, 0.25) is 0 Å². The van der Waals surface area contributed by atoms with Crippen LogP contribution in [0.15, 0.2) is 54.7 Å². The molecule has 0 bridgehead atoms. The van der Waals surface area contributed by atoms with E-state index in [1.165, 1.54) is 12.1 Å². The van der Waals surface area contributed by atoms with Crippen LogP contribution in [0, 0.1) is 5.82 Å². The number of nitrogens with zero attached hydrogens (tertiary/aromatic N) is 1. The molecule has 0 fully saturated rings. The molecule has 0 radical (unpaired) electrons. The van der Waals surface area contributed by atoms with Gasteiger partial charge in [0.2, 0.25) is 6.10 Å². The van der Waals surface area contributed by atoms with E-state index in [2.05, 4.69) is 5.32 Å². The number of aromatic nitrogens is 1. The minimum absolute atomic E-state index is 0.0136. The van der Waals surface area contributed by atoms with Crippen molar-refractivity contribution in [3.05, 3.63) is 66.2 Å². The van der Waals surface area contributed by atoms with Crippen LogP contribution in [0.3, 0.4) is 0 Å². The van der Waals surface area contributed by atoms with Crippen molar-refractivity contribution in [2.75, 3.05) is 18.5 Å². The van der Waals surface area contributed by atoms with E-state index < -0.39 is 23.8 Å². The second-order valence-corrected chi connectivity index (χ2v) is 6.96. The molecule has 1 aliphatic rings. The molecule has 0 aliphatic carbocycles. The molecule has 160 valence electrons. The van der Waals surface area contributed by atoms with Crippen LogP contribution >= 0.6 is 0 Å². The molecule has 0 spiro atoms. The van der Waals surface area contributed by atoms with Crippen LogP contribution in [0.5, 0.6) is 11.5 Å². The van der Waals surface area contributed by atoms with Gasteiger partial charge in [0.15, 0.2) is 17.2 Å². The normalized spacial score (nSPS) is 14.7. The number of carbonyl (C=O) groups excluding carboxylic acids is 2. The van der Waals surface area contributed by atoms with E-state index in [1.54, 1.807) is 55.1 Å². The van der Waals surface area contributed by atoms with Gasteiger partial charge in [0.05, 0.1) is 12.3 Å². The van der Waals surface area contributed by atoms with Crippen LogP contribution in [0.25, 0.3) is 11.1 Å². The Kier molecular flexibility index (Phi) is 5.62. The van der Waals surface area contributed by atoms with Gasteiger partial charge in [0.25, 0.3) is 5.91 Å². The molecular weight excluding hydrogens is 403 g/mol. The fourth-order valence-electron chi connectivity index (χ4n) is 3.43. The van der Waals surface area contributed by atoms with Crippen molar-refractivity contribution < 1.29 is 28.2 Å². The van der Waals surface area contributed by atoms with Crippen molar-refractivity contribution in [3.63, 3.8) is 0 Å². The number of esters is 1. The lowest BCUT2D eigenvalue weighted by molar-refractivity contribution is -0.125. The lowest BCUT2D eigenvalue weighted by atomic mass is 10.1. The average Bonchev–Trinajstić information content (AvgIpc) is 3.09. The highest BCUT2D eigenvalue weighted by atomic mass is 19.1. The summed E-state index contributed by atoms with van der Waals surface area (Å²) in [5.41, 5.74) is 1.36. The number of benzene rings is 2. The summed E-state index contributed by atoms with van der Waals surface area (Å²) in [6.07, 6.45) is 0.718. The Morgan fingerprint density at radius 3 is 2.71 bits per heavy atom. The molecule has 2 aromatic carbocycles. The van der Waals surface area contributed by atoms with Gasteiger partial charge in [-0.25, -0.2) is 9.18 Å². The number of hydrogen-bond donors (Lipinski definition) is 1. The summed E-state index contributed by atoms with van der Waals surface area (Å²) >= 11 is 0. The third-order valence-electron chi connectivity index (χ3n) is 4.84. The molecule has 0 unspecified atom stereocenters. The highest BCUT2D eigenvalue weighted by molar-refractivity contribution is 6.06. The zero-order valence-corrected chi connectivity index (χ0v) is 17.1. The number of aryl methyl sites for hydroxylation is 1. The second kappa shape index (κ2) is 8.51. The van der Waals surface area contributed by atoms with Crippen molar-refractivity contribution >= 4 is 17.6 Å². The lowest BCUT2D eigenvalue weighted by Crippen LogP contribution is -2.40. The molecule has 1 aliphatic heterocycles. The highest BCUT2D eigenvalue weighted by Crippen LogP contribution is 2.35. The summed E-state index contributed by atoms with van der Waals surface area (Å²) in [6, 6.07) is 12.9. The van der Waals surface area contributed by atoms with Crippen LogP contribution in [-0.2, 0) is 16.6 Å². The molecule has 0 saturated carbocycles. The zero-order valence-electron chi connectivity index (χ0n) is 17.1. The number of para-hydroxylation sites is 2. The number of nitrogens with one attached hydrogen (secondary N) is 1. The van der Waals surface area contributed by atoms with E-state index in [0.29, 0.717) is 22.6 Å². The highest BCUT2D eigenvalue weighted by Gasteiger charge is 2.31. The van der Waals surface area contributed by atoms with Gasteiger partial charge in [-0.2, -0.15) is 0 Å². The molecule has 4 rings (SSSR count). The van der Waals surface area contributed by atoms with Crippen molar-refractivity contribution in [3.8, 4) is 22.6 Å². The third-order valence-corrected chi connectivity index (χ3v) is 4.84. The first-order valence-electron chi connectivity index (χ1n) is 9.79. The molecular formula is C23H21FN2O5. The first-order valence-corrected chi connectivity index (χ1v) is 9.79. The number of rotatable bonds is 5. The standard InChI is InChI=1S/C23H21FN2O5/c1-3-29-23(28)21-20(16(12-26(21)2)14-7-6-8-15(24)11-14)25-22(27)19-13-30-17-9-4-5-10-18(17)31-19/h4-12,19H,3,13H2,1-2H3,(H,25,27)/t19-/m1/s1. The first kappa shape index (κ1) is 20.5. The minimum Gasteiger partial charge on any atom is -0.485 e. The predicted molar refractivity (Wildman–Crippen MR) is 112 cm³/mol. The van der Waals surface area contributed by atoms with Gasteiger partial charge in [0, 0.05) is 18.8 Å². The Morgan fingerprint density at radius 1 is 1.19 bits per heavy atom. The molecule has 1 atom stereocenters. The lowest BCUT2D eigenvalue weighted by Gasteiger charge is -2.25. The van der Waals surface area contributed by atoms with Gasteiger partial charge in [-0.15, -0.1) is 0 Å². The third kappa shape index (κ3) is 4.09. The molecule has 0 saturated heterocycles. The molecule has 3 aromatic rings. The van der Waals surface area contributed by atoms with Gasteiger partial charge < -0.3 is 24.1 Å². The number of hydrogen-bond acceptors (Lipinski definition) is 5. The summed E-state index contributed by atoms with van der Waals surface area (Å²) in [7, 11) is 1.65. The molecule has 1 N–H and O–H groups in total. The molecule has 1 aromatic heterocycles. The Balaban J connectivity index is 1.69. The summed E-state index contributed by atoms with van der Waals surface area (Å²) in [5.74, 6) is -0.521. The predicted octanol–water partition coefficient (Wildman–Crippen LogP) is 3.79. The quantitative estimate of drug-likeness (QED) is 0.631. The van der Waals surface area contributed by atoms with Gasteiger partial charge in [-0.1, -0.05) is 24.3 Å². The Bertz CT molecular complexity index is 1140. The van der Waals surface area contributed by atoms with Crippen LogP contribution < -0.4 is 14.8 Å². The Morgan fingerprint density at radius 2 is 1.97 bits per heavy atom. The number of amides is 1. The van der Waals surface area contributed by atoms with E-state index in [0.717, 1.165) is 0 Å². The van der Waals surface area contributed by atoms with Crippen molar-refractivity contribution in [2.45, 2.75) is 13.0 Å². The maximum atomic E-state index is 13.8. The number of anilines is 1. The molecule has 7 nitrogen and oxygen atoms in total. The molecule has 31 heavy (non-hydrogen) atoms. The van der Waals surface area contributed by atoms with Crippen molar-refractivity contribution in [1.29, 1.82) is 0 Å². The van der Waals surface area contributed by atoms with Crippen molar-refractivity contribution in [1.82, 2.24) is 4.57 Å². The van der Waals surface area contributed by atoms with Crippen LogP contribution in [0.1, 0.15) is 17.4 Å². The average molecular weight is 424 g/mol. The smallest absolute Gasteiger partial charge is 0.357 e. The maximum absolute atomic E-state index is 13.8. The van der Waals surface area contributed by atoms with E-state index >= 15 is 0 Å². The summed E-state index contributed by atoms with van der Waals surface area (Å²) in [5, 5.41) is 2.77. The molecule has 8 heteroatoms. The minimum atomic E-state index is -0.925. The summed E-state index contributed by atoms with van der Waals surface area (Å²) in [6.45, 7) is 1.88. The zero-order chi connectivity index (χ0) is 22.0. The van der Waals surface area contributed by atoms with Gasteiger partial charge in [-0.3, -0.25) is 4.79 Å². The summed E-state index contributed by atoms with van der Waals surface area (Å²) in [4.78, 5) is 25.6. The van der Waals surface area contributed by atoms with Crippen LogP contribution in [0.4, 0.5) is 10.1 Å². The monoisotopic (exact) mass is 424 g/mol. The van der Waals surface area contributed by atoms with E-state index in [1.807, 2.05) is 6.07 Å². The van der Waals surface area contributed by atoms with E-state index in [9.17, 15) is 14.0 Å². The Labute approximate surface area is 178 Å². The maximum Gasteiger partial charge on any atom is 0.357 e. The first-order chi connectivity index (χ1) is 15.0. The van der Waals surface area contributed by atoms with Gasteiger partial charge in [0.1, 0.15) is 12.4 Å². The number of halogens is 1. The summed E-state index contributed by atoms with van der Waals surface area (Å²) < 4.78 is 31.9. The second-order valence-electron chi connectivity index (χ2n) is 6.96. The van der Waals surface area contributed by atoms with Gasteiger partial charge >= 0.3 is 5.97 Å². The number of carbonyl (C=O) groups is 2.